The summed E-state index contributed by atoms with van der Waals surface area (Å²) in [5.41, 5.74) is 2.91. The van der Waals surface area contributed by atoms with Crippen LogP contribution in [0.3, 0.4) is 0 Å². The standard InChI is InChI=1S/C30H24N2O6/c1-35-26-19-28(37-3)27(36-2)18-25(26)30(34)38-24-12-8-21(9-13-24)5-4-20-6-10-23(11-7-20)32-29(33)22-14-16-31-17-15-22/h6-19H,1-3H3,(H,32,33). The van der Waals surface area contributed by atoms with E-state index in [9.17, 15) is 9.59 Å². The molecular weight excluding hydrogens is 484 g/mol. The maximum absolute atomic E-state index is 12.8. The molecule has 1 aromatic heterocycles. The zero-order valence-electron chi connectivity index (χ0n) is 21.0. The molecule has 0 saturated heterocycles. The van der Waals surface area contributed by atoms with Crippen molar-refractivity contribution in [1.82, 2.24) is 4.98 Å². The summed E-state index contributed by atoms with van der Waals surface area (Å²) < 4.78 is 21.3. The van der Waals surface area contributed by atoms with Gasteiger partial charge in [0.25, 0.3) is 5.91 Å². The summed E-state index contributed by atoms with van der Waals surface area (Å²) in [4.78, 5) is 28.9. The number of hydrogen-bond donors (Lipinski definition) is 1. The van der Waals surface area contributed by atoms with E-state index in [0.29, 0.717) is 34.2 Å². The molecule has 38 heavy (non-hydrogen) atoms. The molecule has 0 fully saturated rings. The number of carbonyl (C=O) groups is 2. The van der Waals surface area contributed by atoms with Crippen molar-refractivity contribution in [1.29, 1.82) is 0 Å². The summed E-state index contributed by atoms with van der Waals surface area (Å²) in [6.45, 7) is 0. The number of ether oxygens (including phenoxy) is 4. The minimum absolute atomic E-state index is 0.203. The first-order valence-corrected chi connectivity index (χ1v) is 11.5. The Labute approximate surface area is 220 Å². The molecule has 0 spiro atoms. The molecule has 0 aliphatic heterocycles. The third-order valence-electron chi connectivity index (χ3n) is 5.43. The summed E-state index contributed by atoms with van der Waals surface area (Å²) in [6.07, 6.45) is 3.14. The van der Waals surface area contributed by atoms with Crippen LogP contribution in [-0.4, -0.2) is 38.2 Å². The predicted molar refractivity (Wildman–Crippen MR) is 142 cm³/mol. The van der Waals surface area contributed by atoms with E-state index in [1.807, 2.05) is 12.1 Å². The molecule has 0 radical (unpaired) electrons. The lowest BCUT2D eigenvalue weighted by atomic mass is 10.1. The molecule has 1 heterocycles. The molecule has 3 aromatic carbocycles. The van der Waals surface area contributed by atoms with E-state index in [1.54, 1.807) is 67.0 Å². The summed E-state index contributed by atoms with van der Waals surface area (Å²) in [5, 5.41) is 2.83. The van der Waals surface area contributed by atoms with Crippen molar-refractivity contribution >= 4 is 17.6 Å². The minimum Gasteiger partial charge on any atom is -0.496 e. The molecule has 0 bridgehead atoms. The second-order valence-electron chi connectivity index (χ2n) is 7.84. The van der Waals surface area contributed by atoms with Gasteiger partial charge >= 0.3 is 5.97 Å². The SMILES string of the molecule is COc1cc(OC)c(C(=O)Oc2ccc(C#Cc3ccc(NC(=O)c4ccncc4)cc3)cc2)cc1OC. The van der Waals surface area contributed by atoms with Crippen LogP contribution in [0.2, 0.25) is 0 Å². The second kappa shape index (κ2) is 12.1. The summed E-state index contributed by atoms with van der Waals surface area (Å²) in [7, 11) is 4.44. The second-order valence-corrected chi connectivity index (χ2v) is 7.84. The summed E-state index contributed by atoms with van der Waals surface area (Å²) in [5.74, 6) is 6.82. The molecule has 1 N–H and O–H groups in total. The van der Waals surface area contributed by atoms with Crippen molar-refractivity contribution in [3.05, 3.63) is 107 Å². The zero-order valence-corrected chi connectivity index (χ0v) is 21.0. The number of nitrogens with one attached hydrogen (secondary N) is 1. The quantitative estimate of drug-likeness (QED) is 0.214. The number of benzene rings is 3. The van der Waals surface area contributed by atoms with Gasteiger partial charge < -0.3 is 24.3 Å². The number of carbonyl (C=O) groups excluding carboxylic acids is 2. The van der Waals surface area contributed by atoms with Gasteiger partial charge in [0, 0.05) is 46.9 Å². The van der Waals surface area contributed by atoms with Crippen LogP contribution in [-0.2, 0) is 0 Å². The highest BCUT2D eigenvalue weighted by Crippen LogP contribution is 2.35. The topological polar surface area (TPSA) is 96.0 Å². The fraction of sp³-hybridized carbons (Fsp3) is 0.100. The van der Waals surface area contributed by atoms with Gasteiger partial charge in [0.15, 0.2) is 11.5 Å². The third-order valence-corrected chi connectivity index (χ3v) is 5.43. The van der Waals surface area contributed by atoms with Crippen LogP contribution in [0.1, 0.15) is 31.8 Å². The molecule has 4 aromatic rings. The number of nitrogens with zero attached hydrogens (tertiary/aromatic N) is 1. The van der Waals surface area contributed by atoms with Crippen LogP contribution < -0.4 is 24.3 Å². The Kier molecular flexibility index (Phi) is 8.21. The van der Waals surface area contributed by atoms with Crippen LogP contribution in [0.5, 0.6) is 23.0 Å². The van der Waals surface area contributed by atoms with E-state index in [4.69, 9.17) is 18.9 Å². The van der Waals surface area contributed by atoms with Crippen LogP contribution in [0.15, 0.2) is 85.2 Å². The van der Waals surface area contributed by atoms with E-state index in [0.717, 1.165) is 11.1 Å². The Morgan fingerprint density at radius 3 is 1.84 bits per heavy atom. The smallest absolute Gasteiger partial charge is 0.347 e. The molecule has 0 atom stereocenters. The number of anilines is 1. The first-order chi connectivity index (χ1) is 18.5. The fourth-order valence-electron chi connectivity index (χ4n) is 3.44. The van der Waals surface area contributed by atoms with Gasteiger partial charge in [-0.3, -0.25) is 9.78 Å². The van der Waals surface area contributed by atoms with E-state index < -0.39 is 5.97 Å². The monoisotopic (exact) mass is 508 g/mol. The Morgan fingerprint density at radius 2 is 1.26 bits per heavy atom. The highest BCUT2D eigenvalue weighted by Gasteiger charge is 2.19. The van der Waals surface area contributed by atoms with E-state index in [-0.39, 0.29) is 11.5 Å². The number of amides is 1. The maximum Gasteiger partial charge on any atom is 0.347 e. The lowest BCUT2D eigenvalue weighted by Gasteiger charge is -2.13. The normalized spacial score (nSPS) is 9.97. The Balaban J connectivity index is 1.39. The van der Waals surface area contributed by atoms with Gasteiger partial charge in [0.1, 0.15) is 17.1 Å². The van der Waals surface area contributed by atoms with Crippen LogP contribution >= 0.6 is 0 Å². The molecular formula is C30H24N2O6. The number of esters is 1. The molecule has 8 heteroatoms. The Hall–Kier alpha value is -5.29. The molecule has 4 rings (SSSR count). The average Bonchev–Trinajstić information content (AvgIpc) is 2.97. The van der Waals surface area contributed by atoms with Crippen LogP contribution in [0, 0.1) is 11.8 Å². The number of hydrogen-bond acceptors (Lipinski definition) is 7. The Bertz CT molecular complexity index is 1490. The van der Waals surface area contributed by atoms with E-state index in [1.165, 1.54) is 27.4 Å². The van der Waals surface area contributed by atoms with Gasteiger partial charge in [-0.05, 0) is 60.7 Å². The van der Waals surface area contributed by atoms with Gasteiger partial charge in [-0.15, -0.1) is 0 Å². The predicted octanol–water partition coefficient (Wildman–Crippen LogP) is 4.98. The highest BCUT2D eigenvalue weighted by atomic mass is 16.5. The molecule has 0 aliphatic rings. The maximum atomic E-state index is 12.8. The van der Waals surface area contributed by atoms with Gasteiger partial charge in [-0.2, -0.15) is 0 Å². The lowest BCUT2D eigenvalue weighted by Crippen LogP contribution is -2.11. The van der Waals surface area contributed by atoms with Crippen molar-refractivity contribution in [3.8, 4) is 34.8 Å². The molecule has 8 nitrogen and oxygen atoms in total. The van der Waals surface area contributed by atoms with Crippen molar-refractivity contribution in [3.63, 3.8) is 0 Å². The number of pyridine rings is 1. The van der Waals surface area contributed by atoms with Gasteiger partial charge in [0.2, 0.25) is 0 Å². The van der Waals surface area contributed by atoms with Crippen LogP contribution in [0.4, 0.5) is 5.69 Å². The zero-order chi connectivity index (χ0) is 26.9. The van der Waals surface area contributed by atoms with E-state index >= 15 is 0 Å². The molecule has 0 saturated carbocycles. The third kappa shape index (κ3) is 6.28. The van der Waals surface area contributed by atoms with Crippen molar-refractivity contribution in [2.24, 2.45) is 0 Å². The Morgan fingerprint density at radius 1 is 0.711 bits per heavy atom. The lowest BCUT2D eigenvalue weighted by molar-refractivity contribution is 0.0730. The largest absolute Gasteiger partial charge is 0.496 e. The van der Waals surface area contributed by atoms with Gasteiger partial charge in [0.05, 0.1) is 21.3 Å². The van der Waals surface area contributed by atoms with Gasteiger partial charge in [-0.25, -0.2) is 4.79 Å². The number of rotatable bonds is 7. The summed E-state index contributed by atoms with van der Waals surface area (Å²) >= 11 is 0. The van der Waals surface area contributed by atoms with Crippen molar-refractivity contribution in [2.75, 3.05) is 26.6 Å². The summed E-state index contributed by atoms with van der Waals surface area (Å²) in [6, 6.07) is 20.4. The number of methoxy groups -OCH3 is 3. The van der Waals surface area contributed by atoms with Crippen molar-refractivity contribution < 1.29 is 28.5 Å². The molecule has 0 unspecified atom stereocenters. The average molecular weight is 509 g/mol. The fourth-order valence-corrected chi connectivity index (χ4v) is 3.44. The van der Waals surface area contributed by atoms with Gasteiger partial charge in [-0.1, -0.05) is 11.8 Å². The number of aromatic nitrogens is 1. The molecule has 1 amide bonds. The molecule has 0 aliphatic carbocycles. The first kappa shape index (κ1) is 25.8. The van der Waals surface area contributed by atoms with E-state index in [2.05, 4.69) is 22.1 Å². The molecule has 190 valence electrons. The highest BCUT2D eigenvalue weighted by molar-refractivity contribution is 6.04. The van der Waals surface area contributed by atoms with Crippen LogP contribution in [0.25, 0.3) is 0 Å². The minimum atomic E-state index is -0.599. The first-order valence-electron chi connectivity index (χ1n) is 11.5. The van der Waals surface area contributed by atoms with Crippen molar-refractivity contribution in [2.45, 2.75) is 0 Å².